The minimum absolute atomic E-state index is 0.0674. The fourth-order valence-electron chi connectivity index (χ4n) is 3.53. The van der Waals surface area contributed by atoms with E-state index in [1.165, 1.54) is 33.5 Å². The Labute approximate surface area is 179 Å². The van der Waals surface area contributed by atoms with Crippen molar-refractivity contribution >= 4 is 21.6 Å². The summed E-state index contributed by atoms with van der Waals surface area (Å²) in [4.78, 5) is 12.6. The van der Waals surface area contributed by atoms with Gasteiger partial charge in [0.2, 0.25) is 15.9 Å². The lowest BCUT2D eigenvalue weighted by molar-refractivity contribution is -0.137. The monoisotopic (exact) mass is 458 g/mol. The molecule has 1 aromatic heterocycles. The SMILES string of the molecule is CCCCS(=O)(=O)N1CCC(C(=O)Nc2ccc(-n3cccn3)cc2C(F)(F)F)CC1. The molecule has 1 aliphatic heterocycles. The van der Waals surface area contributed by atoms with Crippen LogP contribution in [0.5, 0.6) is 0 Å². The van der Waals surface area contributed by atoms with Gasteiger partial charge in [0.05, 0.1) is 22.7 Å². The molecule has 1 N–H and O–H groups in total. The molecule has 0 saturated carbocycles. The van der Waals surface area contributed by atoms with E-state index in [1.807, 2.05) is 6.92 Å². The van der Waals surface area contributed by atoms with Crippen LogP contribution in [0.1, 0.15) is 38.2 Å². The third-order valence-corrected chi connectivity index (χ3v) is 7.27. The van der Waals surface area contributed by atoms with Gasteiger partial charge in [-0.3, -0.25) is 4.79 Å². The molecular weight excluding hydrogens is 433 g/mol. The van der Waals surface area contributed by atoms with Crippen LogP contribution in [-0.4, -0.2) is 47.3 Å². The van der Waals surface area contributed by atoms with Crippen molar-refractivity contribution in [2.45, 2.75) is 38.8 Å². The topological polar surface area (TPSA) is 84.3 Å². The predicted molar refractivity (Wildman–Crippen MR) is 110 cm³/mol. The summed E-state index contributed by atoms with van der Waals surface area (Å²) in [6, 6.07) is 5.19. The minimum Gasteiger partial charge on any atom is -0.325 e. The Morgan fingerprint density at radius 3 is 2.55 bits per heavy atom. The number of nitrogens with one attached hydrogen (secondary N) is 1. The quantitative estimate of drug-likeness (QED) is 0.686. The van der Waals surface area contributed by atoms with Crippen LogP contribution in [0.4, 0.5) is 18.9 Å². The summed E-state index contributed by atoms with van der Waals surface area (Å²) in [5.41, 5.74) is -1.07. The first-order valence-electron chi connectivity index (χ1n) is 10.1. The number of benzene rings is 1. The van der Waals surface area contributed by atoms with Crippen LogP contribution in [0.2, 0.25) is 0 Å². The Morgan fingerprint density at radius 1 is 1.26 bits per heavy atom. The smallest absolute Gasteiger partial charge is 0.325 e. The fraction of sp³-hybridized carbons (Fsp3) is 0.500. The Morgan fingerprint density at radius 2 is 1.97 bits per heavy atom. The number of carbonyl (C=O) groups excluding carboxylic acids is 1. The summed E-state index contributed by atoms with van der Waals surface area (Å²) >= 11 is 0. The molecule has 2 aromatic rings. The van der Waals surface area contributed by atoms with Crippen molar-refractivity contribution in [3.8, 4) is 5.69 Å². The molecule has 3 rings (SSSR count). The summed E-state index contributed by atoms with van der Waals surface area (Å²) in [6.45, 7) is 2.28. The van der Waals surface area contributed by atoms with Crippen LogP contribution in [-0.2, 0) is 21.0 Å². The van der Waals surface area contributed by atoms with Crippen molar-refractivity contribution in [1.82, 2.24) is 14.1 Å². The molecule has 1 saturated heterocycles. The van der Waals surface area contributed by atoms with Crippen LogP contribution < -0.4 is 5.32 Å². The van der Waals surface area contributed by atoms with Gasteiger partial charge in [-0.25, -0.2) is 17.4 Å². The Hall–Kier alpha value is -2.40. The second-order valence-corrected chi connectivity index (χ2v) is 9.60. The van der Waals surface area contributed by atoms with Gasteiger partial charge in [0, 0.05) is 31.4 Å². The average molecular weight is 459 g/mol. The lowest BCUT2D eigenvalue weighted by atomic mass is 9.97. The van der Waals surface area contributed by atoms with E-state index >= 15 is 0 Å². The molecule has 0 radical (unpaired) electrons. The van der Waals surface area contributed by atoms with Crippen LogP contribution in [0.25, 0.3) is 5.69 Å². The van der Waals surface area contributed by atoms with Crippen molar-refractivity contribution in [3.63, 3.8) is 0 Å². The summed E-state index contributed by atoms with van der Waals surface area (Å²) in [5.74, 6) is -1.02. The van der Waals surface area contributed by atoms with E-state index in [9.17, 15) is 26.4 Å². The number of piperidine rings is 1. The van der Waals surface area contributed by atoms with E-state index < -0.39 is 33.6 Å². The van der Waals surface area contributed by atoms with Crippen molar-refractivity contribution in [3.05, 3.63) is 42.2 Å². The third-order valence-electron chi connectivity index (χ3n) is 5.31. The summed E-state index contributed by atoms with van der Waals surface area (Å²) in [7, 11) is -3.36. The second-order valence-electron chi connectivity index (χ2n) is 7.51. The van der Waals surface area contributed by atoms with Crippen molar-refractivity contribution in [2.75, 3.05) is 24.2 Å². The van der Waals surface area contributed by atoms with Crippen LogP contribution >= 0.6 is 0 Å². The van der Waals surface area contributed by atoms with Gasteiger partial charge in [-0.1, -0.05) is 13.3 Å². The number of carbonyl (C=O) groups is 1. The maximum Gasteiger partial charge on any atom is 0.418 e. The van der Waals surface area contributed by atoms with Crippen molar-refractivity contribution < 1.29 is 26.4 Å². The molecular formula is C20H25F3N4O3S. The molecule has 0 unspecified atom stereocenters. The van der Waals surface area contributed by atoms with Crippen molar-refractivity contribution in [2.24, 2.45) is 5.92 Å². The molecule has 1 amide bonds. The number of hydrogen-bond acceptors (Lipinski definition) is 4. The van der Waals surface area contributed by atoms with Gasteiger partial charge in [-0.15, -0.1) is 0 Å². The number of sulfonamides is 1. The molecule has 1 aromatic carbocycles. The zero-order chi connectivity index (χ0) is 22.6. The predicted octanol–water partition coefficient (Wildman–Crippen LogP) is 3.67. The molecule has 0 bridgehead atoms. The van der Waals surface area contributed by atoms with Gasteiger partial charge in [0.15, 0.2) is 0 Å². The molecule has 2 heterocycles. The van der Waals surface area contributed by atoms with Crippen LogP contribution in [0.15, 0.2) is 36.7 Å². The molecule has 0 atom stereocenters. The number of unbranched alkanes of at least 4 members (excludes halogenated alkanes) is 1. The number of aromatic nitrogens is 2. The number of anilines is 1. The molecule has 31 heavy (non-hydrogen) atoms. The fourth-order valence-corrected chi connectivity index (χ4v) is 5.21. The highest BCUT2D eigenvalue weighted by atomic mass is 32.2. The Balaban J connectivity index is 1.69. The number of rotatable bonds is 7. The normalized spacial score (nSPS) is 16.4. The second kappa shape index (κ2) is 9.39. The van der Waals surface area contributed by atoms with E-state index in [2.05, 4.69) is 10.4 Å². The summed E-state index contributed by atoms with van der Waals surface area (Å²) < 4.78 is 68.0. The molecule has 11 heteroatoms. The Bertz CT molecular complexity index is 999. The highest BCUT2D eigenvalue weighted by Crippen LogP contribution is 2.36. The molecule has 1 aliphatic rings. The lowest BCUT2D eigenvalue weighted by Crippen LogP contribution is -2.42. The standard InChI is InChI=1S/C20H25F3N4O3S/c1-2-3-13-31(29,30)26-11-7-15(8-12-26)19(28)25-18-6-5-16(27-10-4-9-24-27)14-17(18)20(21,22)23/h4-6,9-10,14-15H,2-3,7-8,11-13H2,1H3,(H,25,28). The van der Waals surface area contributed by atoms with E-state index in [0.29, 0.717) is 6.42 Å². The van der Waals surface area contributed by atoms with E-state index in [1.54, 1.807) is 6.07 Å². The number of alkyl halides is 3. The van der Waals surface area contributed by atoms with E-state index in [-0.39, 0.29) is 43.1 Å². The average Bonchev–Trinajstić information content (AvgIpc) is 3.27. The molecule has 0 aliphatic carbocycles. The zero-order valence-corrected chi connectivity index (χ0v) is 17.9. The van der Waals surface area contributed by atoms with E-state index in [4.69, 9.17) is 0 Å². The number of nitrogens with zero attached hydrogens (tertiary/aromatic N) is 3. The molecule has 170 valence electrons. The van der Waals surface area contributed by atoms with Crippen molar-refractivity contribution in [1.29, 1.82) is 0 Å². The maximum atomic E-state index is 13.6. The van der Waals surface area contributed by atoms with Gasteiger partial charge < -0.3 is 5.32 Å². The zero-order valence-electron chi connectivity index (χ0n) is 17.1. The van der Waals surface area contributed by atoms with Gasteiger partial charge in [0.25, 0.3) is 0 Å². The lowest BCUT2D eigenvalue weighted by Gasteiger charge is -2.30. The van der Waals surface area contributed by atoms with Gasteiger partial charge in [0.1, 0.15) is 0 Å². The van der Waals surface area contributed by atoms with Crippen LogP contribution in [0, 0.1) is 5.92 Å². The van der Waals surface area contributed by atoms with Gasteiger partial charge >= 0.3 is 6.18 Å². The highest BCUT2D eigenvalue weighted by molar-refractivity contribution is 7.89. The number of amides is 1. The molecule has 7 nitrogen and oxygen atoms in total. The summed E-state index contributed by atoms with van der Waals surface area (Å²) in [6.07, 6.45) is 0.181. The van der Waals surface area contributed by atoms with Crippen LogP contribution in [0.3, 0.4) is 0 Å². The highest BCUT2D eigenvalue weighted by Gasteiger charge is 2.36. The third kappa shape index (κ3) is 5.65. The van der Waals surface area contributed by atoms with E-state index in [0.717, 1.165) is 12.5 Å². The molecule has 0 spiro atoms. The molecule has 1 fully saturated rings. The Kier molecular flexibility index (Phi) is 7.05. The van der Waals surface area contributed by atoms with Gasteiger partial charge in [-0.2, -0.15) is 18.3 Å². The first-order valence-corrected chi connectivity index (χ1v) is 11.7. The maximum absolute atomic E-state index is 13.6. The summed E-state index contributed by atoms with van der Waals surface area (Å²) in [5, 5.41) is 6.32. The van der Waals surface area contributed by atoms with Gasteiger partial charge in [-0.05, 0) is 43.5 Å². The largest absolute Gasteiger partial charge is 0.418 e. The first kappa shape index (κ1) is 23.3. The number of halogens is 3. The number of hydrogen-bond donors (Lipinski definition) is 1. The first-order chi connectivity index (χ1) is 14.6. The minimum atomic E-state index is -4.66.